The van der Waals surface area contributed by atoms with Gasteiger partial charge in [0, 0.05) is 21.7 Å². The molecule has 0 saturated heterocycles. The van der Waals surface area contributed by atoms with E-state index in [0.717, 1.165) is 27.5 Å². The van der Waals surface area contributed by atoms with Crippen LogP contribution in [0.25, 0.3) is 0 Å². The van der Waals surface area contributed by atoms with E-state index < -0.39 is 0 Å². The Morgan fingerprint density at radius 1 is 1.00 bits per heavy atom. The van der Waals surface area contributed by atoms with Crippen LogP contribution < -0.4 is 14.8 Å². The first kappa shape index (κ1) is 21.8. The van der Waals surface area contributed by atoms with Gasteiger partial charge in [0.15, 0.2) is 0 Å². The molecule has 0 radical (unpaired) electrons. The molecular weight excluding hydrogens is 394 g/mol. The van der Waals surface area contributed by atoms with Gasteiger partial charge in [-0.3, -0.25) is 4.79 Å². The van der Waals surface area contributed by atoms with Crippen molar-refractivity contribution in [2.75, 3.05) is 18.7 Å². The summed E-state index contributed by atoms with van der Waals surface area (Å²) < 4.78 is 11.6. The van der Waals surface area contributed by atoms with Gasteiger partial charge in [0.1, 0.15) is 18.1 Å². The van der Waals surface area contributed by atoms with Crippen LogP contribution in [0, 0.1) is 0 Å². The highest BCUT2D eigenvalue weighted by molar-refractivity contribution is 7.98. The summed E-state index contributed by atoms with van der Waals surface area (Å²) in [4.78, 5) is 13.9. The molecular formula is C25H27NO3S. The Morgan fingerprint density at radius 2 is 1.80 bits per heavy atom. The smallest absolute Gasteiger partial charge is 0.255 e. The number of methoxy groups -OCH3 is 1. The molecule has 5 heteroatoms. The van der Waals surface area contributed by atoms with Crippen molar-refractivity contribution < 1.29 is 14.3 Å². The van der Waals surface area contributed by atoms with E-state index in [0.29, 0.717) is 23.8 Å². The summed E-state index contributed by atoms with van der Waals surface area (Å²) in [5.74, 6) is 1.73. The molecule has 0 heterocycles. The molecule has 0 atom stereocenters. The molecule has 0 aliphatic carbocycles. The second-order valence-electron chi connectivity index (χ2n) is 7.19. The van der Waals surface area contributed by atoms with Crippen LogP contribution >= 0.6 is 11.8 Å². The lowest BCUT2D eigenvalue weighted by Crippen LogP contribution is -2.13. The molecule has 0 saturated carbocycles. The van der Waals surface area contributed by atoms with Crippen LogP contribution in [-0.2, 0) is 6.61 Å². The molecule has 0 fully saturated rings. The molecule has 0 bridgehead atoms. The fourth-order valence-electron chi connectivity index (χ4n) is 3.18. The molecule has 1 amide bonds. The molecule has 1 N–H and O–H groups in total. The second-order valence-corrected chi connectivity index (χ2v) is 8.07. The molecule has 3 aromatic rings. The quantitative estimate of drug-likeness (QED) is 0.429. The Bertz CT molecular complexity index is 1020. The number of benzene rings is 3. The van der Waals surface area contributed by atoms with Crippen LogP contribution in [0.4, 0.5) is 5.69 Å². The zero-order valence-electron chi connectivity index (χ0n) is 17.8. The third-order valence-corrected chi connectivity index (χ3v) is 5.52. The molecule has 30 heavy (non-hydrogen) atoms. The van der Waals surface area contributed by atoms with Gasteiger partial charge in [-0.05, 0) is 60.2 Å². The molecule has 3 rings (SSSR count). The first-order valence-corrected chi connectivity index (χ1v) is 11.1. The van der Waals surface area contributed by atoms with Crippen molar-refractivity contribution in [3.05, 3.63) is 83.4 Å². The van der Waals surface area contributed by atoms with Crippen molar-refractivity contribution in [3.8, 4) is 11.5 Å². The fraction of sp³-hybridized carbons (Fsp3) is 0.240. The van der Waals surface area contributed by atoms with Crippen LogP contribution in [0.3, 0.4) is 0 Å². The van der Waals surface area contributed by atoms with Crippen molar-refractivity contribution in [3.63, 3.8) is 0 Å². The average molecular weight is 422 g/mol. The average Bonchev–Trinajstić information content (AvgIpc) is 2.77. The SMILES string of the molecule is COc1ccc(C(=O)Nc2cccc(SC)c2)cc1COc1ccccc1C(C)C. The highest BCUT2D eigenvalue weighted by Gasteiger charge is 2.13. The van der Waals surface area contributed by atoms with E-state index in [4.69, 9.17) is 9.47 Å². The predicted octanol–water partition coefficient (Wildman–Crippen LogP) is 6.37. The van der Waals surface area contributed by atoms with Gasteiger partial charge >= 0.3 is 0 Å². The minimum atomic E-state index is -0.167. The van der Waals surface area contributed by atoms with Gasteiger partial charge in [0.05, 0.1) is 7.11 Å². The fourth-order valence-corrected chi connectivity index (χ4v) is 3.64. The van der Waals surface area contributed by atoms with Gasteiger partial charge in [-0.15, -0.1) is 11.8 Å². The minimum absolute atomic E-state index is 0.167. The number of anilines is 1. The number of carbonyl (C=O) groups is 1. The van der Waals surface area contributed by atoms with Crippen molar-refractivity contribution in [2.45, 2.75) is 31.3 Å². The monoisotopic (exact) mass is 421 g/mol. The second kappa shape index (κ2) is 10.2. The summed E-state index contributed by atoms with van der Waals surface area (Å²) in [6.45, 7) is 4.59. The molecule has 4 nitrogen and oxygen atoms in total. The summed E-state index contributed by atoms with van der Waals surface area (Å²) in [6, 6.07) is 21.2. The first-order valence-electron chi connectivity index (χ1n) is 9.86. The number of nitrogens with one attached hydrogen (secondary N) is 1. The lowest BCUT2D eigenvalue weighted by molar-refractivity contribution is 0.102. The van der Waals surface area contributed by atoms with Crippen molar-refractivity contribution in [1.82, 2.24) is 0 Å². The van der Waals surface area contributed by atoms with Gasteiger partial charge < -0.3 is 14.8 Å². The number of para-hydroxylation sites is 1. The van der Waals surface area contributed by atoms with E-state index in [1.165, 1.54) is 0 Å². The molecule has 156 valence electrons. The number of hydrogen-bond donors (Lipinski definition) is 1. The number of carbonyl (C=O) groups excluding carboxylic acids is 1. The summed E-state index contributed by atoms with van der Waals surface area (Å²) in [5.41, 5.74) is 3.30. The van der Waals surface area contributed by atoms with E-state index in [2.05, 4.69) is 25.2 Å². The summed E-state index contributed by atoms with van der Waals surface area (Å²) in [6.07, 6.45) is 2.01. The van der Waals surface area contributed by atoms with Gasteiger partial charge in [-0.25, -0.2) is 0 Å². The van der Waals surface area contributed by atoms with E-state index in [1.54, 1.807) is 31.0 Å². The molecule has 0 aliphatic heterocycles. The standard InChI is InChI=1S/C25H27NO3S/c1-17(2)22-10-5-6-11-24(22)29-16-19-14-18(12-13-23(19)28-3)25(27)26-20-8-7-9-21(15-20)30-4/h5-15,17H,16H2,1-4H3,(H,26,27). The van der Waals surface area contributed by atoms with Crippen LogP contribution in [-0.4, -0.2) is 19.3 Å². The van der Waals surface area contributed by atoms with Gasteiger partial charge in [0.2, 0.25) is 0 Å². The van der Waals surface area contributed by atoms with Crippen molar-refractivity contribution in [1.29, 1.82) is 0 Å². The zero-order chi connectivity index (χ0) is 21.5. The number of ether oxygens (including phenoxy) is 2. The Labute approximate surface area is 182 Å². The zero-order valence-corrected chi connectivity index (χ0v) is 18.6. The lowest BCUT2D eigenvalue weighted by Gasteiger charge is -2.16. The van der Waals surface area contributed by atoms with Crippen LogP contribution in [0.5, 0.6) is 11.5 Å². The topological polar surface area (TPSA) is 47.6 Å². The minimum Gasteiger partial charge on any atom is -0.496 e. The van der Waals surface area contributed by atoms with Crippen LogP contribution in [0.2, 0.25) is 0 Å². The number of rotatable bonds is 8. The lowest BCUT2D eigenvalue weighted by atomic mass is 10.0. The summed E-state index contributed by atoms with van der Waals surface area (Å²) in [7, 11) is 1.62. The highest BCUT2D eigenvalue weighted by atomic mass is 32.2. The van der Waals surface area contributed by atoms with Crippen molar-refractivity contribution >= 4 is 23.4 Å². The Balaban J connectivity index is 1.79. The molecule has 0 aromatic heterocycles. The van der Waals surface area contributed by atoms with Crippen molar-refractivity contribution in [2.24, 2.45) is 0 Å². The summed E-state index contributed by atoms with van der Waals surface area (Å²) in [5, 5.41) is 2.96. The predicted molar refractivity (Wildman–Crippen MR) is 124 cm³/mol. The van der Waals surface area contributed by atoms with E-state index >= 15 is 0 Å². The molecule has 0 aliphatic rings. The van der Waals surface area contributed by atoms with Gasteiger partial charge in [-0.1, -0.05) is 38.1 Å². The van der Waals surface area contributed by atoms with Crippen LogP contribution in [0.1, 0.15) is 41.3 Å². The van der Waals surface area contributed by atoms with Crippen LogP contribution in [0.15, 0.2) is 71.6 Å². The maximum absolute atomic E-state index is 12.8. The van der Waals surface area contributed by atoms with E-state index in [1.807, 2.05) is 54.8 Å². The van der Waals surface area contributed by atoms with E-state index in [-0.39, 0.29) is 5.91 Å². The largest absolute Gasteiger partial charge is 0.496 e. The summed E-state index contributed by atoms with van der Waals surface area (Å²) >= 11 is 1.64. The Kier molecular flexibility index (Phi) is 7.41. The first-order chi connectivity index (χ1) is 14.5. The maximum atomic E-state index is 12.8. The molecule has 0 unspecified atom stereocenters. The normalized spacial score (nSPS) is 10.7. The Morgan fingerprint density at radius 3 is 2.53 bits per heavy atom. The molecule has 3 aromatic carbocycles. The van der Waals surface area contributed by atoms with Gasteiger partial charge in [0.25, 0.3) is 5.91 Å². The van der Waals surface area contributed by atoms with E-state index in [9.17, 15) is 4.79 Å². The maximum Gasteiger partial charge on any atom is 0.255 e. The number of hydrogen-bond acceptors (Lipinski definition) is 4. The Hall–Kier alpha value is -2.92. The third kappa shape index (κ3) is 5.36. The van der Waals surface area contributed by atoms with Gasteiger partial charge in [-0.2, -0.15) is 0 Å². The molecule has 0 spiro atoms. The highest BCUT2D eigenvalue weighted by Crippen LogP contribution is 2.28. The number of thioether (sulfide) groups is 1. The number of amides is 1. The third-order valence-electron chi connectivity index (χ3n) is 4.79.